The molecule has 1 fully saturated rings. The number of aromatic nitrogens is 2. The maximum atomic E-state index is 10.5. The Bertz CT molecular complexity index is 389. The van der Waals surface area contributed by atoms with E-state index in [0.29, 0.717) is 12.6 Å². The summed E-state index contributed by atoms with van der Waals surface area (Å²) in [5.74, 6) is 0. The van der Waals surface area contributed by atoms with E-state index in [4.69, 9.17) is 4.74 Å². The van der Waals surface area contributed by atoms with Crippen molar-refractivity contribution in [2.24, 2.45) is 7.05 Å². The quantitative estimate of drug-likeness (QED) is 0.913. The zero-order valence-electron chi connectivity index (χ0n) is 11.0. The van der Waals surface area contributed by atoms with Crippen LogP contribution in [0.1, 0.15) is 25.6 Å². The molecule has 5 nitrogen and oxygen atoms in total. The Balaban J connectivity index is 2.11. The van der Waals surface area contributed by atoms with Crippen LogP contribution in [-0.2, 0) is 11.8 Å². The van der Waals surface area contributed by atoms with E-state index in [9.17, 15) is 5.11 Å². The monoisotopic (exact) mass is 317 g/mol. The molecule has 102 valence electrons. The lowest BCUT2D eigenvalue weighted by Crippen LogP contribution is -2.48. The van der Waals surface area contributed by atoms with Gasteiger partial charge in [0, 0.05) is 26.2 Å². The van der Waals surface area contributed by atoms with Gasteiger partial charge in [0.25, 0.3) is 0 Å². The molecular formula is C12H20BrN3O2. The van der Waals surface area contributed by atoms with Crippen molar-refractivity contribution in [3.05, 3.63) is 16.4 Å². The van der Waals surface area contributed by atoms with Gasteiger partial charge in [-0.2, -0.15) is 5.10 Å². The van der Waals surface area contributed by atoms with Crippen LogP contribution in [0.5, 0.6) is 0 Å². The van der Waals surface area contributed by atoms with Crippen LogP contribution >= 0.6 is 15.9 Å². The number of nitrogens with zero attached hydrogens (tertiary/aromatic N) is 3. The number of aliphatic hydroxyl groups is 1. The van der Waals surface area contributed by atoms with E-state index in [-0.39, 0.29) is 6.10 Å². The van der Waals surface area contributed by atoms with Gasteiger partial charge in [0.05, 0.1) is 23.0 Å². The van der Waals surface area contributed by atoms with E-state index in [1.165, 1.54) is 0 Å². The molecular weight excluding hydrogens is 298 g/mol. The van der Waals surface area contributed by atoms with Crippen LogP contribution in [0.15, 0.2) is 10.7 Å². The van der Waals surface area contributed by atoms with Crippen molar-refractivity contribution < 1.29 is 9.84 Å². The summed E-state index contributed by atoms with van der Waals surface area (Å²) in [5.41, 5.74) is 0.769. The SMILES string of the molecule is CC(C)N1CCOC(C(O)c2c(Br)cnn2C)C1. The third-order valence-electron chi connectivity index (χ3n) is 3.43. The van der Waals surface area contributed by atoms with Crippen LogP contribution in [0.4, 0.5) is 0 Å². The third kappa shape index (κ3) is 2.77. The summed E-state index contributed by atoms with van der Waals surface area (Å²) in [4.78, 5) is 2.32. The summed E-state index contributed by atoms with van der Waals surface area (Å²) < 4.78 is 8.21. The largest absolute Gasteiger partial charge is 0.384 e. The van der Waals surface area contributed by atoms with Crippen molar-refractivity contribution in [3.8, 4) is 0 Å². The van der Waals surface area contributed by atoms with E-state index >= 15 is 0 Å². The smallest absolute Gasteiger partial charge is 0.124 e. The number of morpholine rings is 1. The van der Waals surface area contributed by atoms with E-state index in [2.05, 4.69) is 39.8 Å². The van der Waals surface area contributed by atoms with Crippen molar-refractivity contribution in [2.75, 3.05) is 19.7 Å². The van der Waals surface area contributed by atoms with Gasteiger partial charge < -0.3 is 9.84 Å². The number of aliphatic hydroxyl groups excluding tert-OH is 1. The first-order valence-electron chi connectivity index (χ1n) is 6.21. The second-order valence-corrected chi connectivity index (χ2v) is 5.80. The first kappa shape index (κ1) is 14.0. The first-order chi connectivity index (χ1) is 8.50. The highest BCUT2D eigenvalue weighted by Gasteiger charge is 2.31. The molecule has 1 N–H and O–H groups in total. The zero-order valence-corrected chi connectivity index (χ0v) is 12.6. The summed E-state index contributed by atoms with van der Waals surface area (Å²) in [5, 5.41) is 14.6. The predicted octanol–water partition coefficient (Wildman–Crippen LogP) is 1.33. The highest BCUT2D eigenvalue weighted by molar-refractivity contribution is 9.10. The van der Waals surface area contributed by atoms with E-state index in [1.807, 2.05) is 7.05 Å². The molecule has 2 atom stereocenters. The molecule has 2 rings (SSSR count). The molecule has 0 spiro atoms. The van der Waals surface area contributed by atoms with Gasteiger partial charge in [0.15, 0.2) is 0 Å². The van der Waals surface area contributed by atoms with Gasteiger partial charge in [-0.05, 0) is 29.8 Å². The Labute approximate surface area is 116 Å². The molecule has 1 aromatic rings. The lowest BCUT2D eigenvalue weighted by atomic mass is 10.1. The molecule has 0 amide bonds. The molecule has 1 aromatic heterocycles. The van der Waals surface area contributed by atoms with E-state index < -0.39 is 6.10 Å². The number of hydrogen-bond acceptors (Lipinski definition) is 4. The second kappa shape index (κ2) is 5.69. The van der Waals surface area contributed by atoms with Gasteiger partial charge in [-0.3, -0.25) is 9.58 Å². The van der Waals surface area contributed by atoms with Crippen LogP contribution in [0.3, 0.4) is 0 Å². The first-order valence-corrected chi connectivity index (χ1v) is 7.01. The van der Waals surface area contributed by atoms with Crippen molar-refractivity contribution in [1.29, 1.82) is 0 Å². The Hall–Kier alpha value is -0.430. The van der Waals surface area contributed by atoms with Gasteiger partial charge in [-0.25, -0.2) is 0 Å². The van der Waals surface area contributed by atoms with E-state index in [1.54, 1.807) is 10.9 Å². The van der Waals surface area contributed by atoms with Crippen LogP contribution in [0.25, 0.3) is 0 Å². The lowest BCUT2D eigenvalue weighted by molar-refractivity contribution is -0.0983. The minimum absolute atomic E-state index is 0.201. The predicted molar refractivity (Wildman–Crippen MR) is 72.3 cm³/mol. The Morgan fingerprint density at radius 1 is 1.56 bits per heavy atom. The molecule has 0 radical (unpaired) electrons. The van der Waals surface area contributed by atoms with E-state index in [0.717, 1.165) is 23.3 Å². The minimum Gasteiger partial charge on any atom is -0.384 e. The summed E-state index contributed by atoms with van der Waals surface area (Å²) in [6.07, 6.45) is 0.836. The van der Waals surface area contributed by atoms with Gasteiger partial charge in [0.2, 0.25) is 0 Å². The standard InChI is InChI=1S/C12H20BrN3O2/c1-8(2)16-4-5-18-10(7-16)12(17)11-9(13)6-14-15(11)3/h6,8,10,12,17H,4-5,7H2,1-3H3. The molecule has 2 heterocycles. The Morgan fingerprint density at radius 3 is 2.83 bits per heavy atom. The van der Waals surface area contributed by atoms with Crippen LogP contribution in [0, 0.1) is 0 Å². The van der Waals surface area contributed by atoms with Crippen molar-refractivity contribution >= 4 is 15.9 Å². The third-order valence-corrected chi connectivity index (χ3v) is 4.04. The lowest BCUT2D eigenvalue weighted by Gasteiger charge is -2.37. The highest BCUT2D eigenvalue weighted by atomic mass is 79.9. The molecule has 6 heteroatoms. The summed E-state index contributed by atoms with van der Waals surface area (Å²) in [6, 6.07) is 0.471. The fourth-order valence-electron chi connectivity index (χ4n) is 2.29. The molecule has 1 aliphatic rings. The van der Waals surface area contributed by atoms with Crippen molar-refractivity contribution in [3.63, 3.8) is 0 Å². The Morgan fingerprint density at radius 2 is 2.28 bits per heavy atom. The molecule has 2 unspecified atom stereocenters. The molecule has 0 saturated carbocycles. The average Bonchev–Trinajstić information content (AvgIpc) is 2.68. The number of halogens is 1. The highest BCUT2D eigenvalue weighted by Crippen LogP contribution is 2.28. The number of hydrogen-bond donors (Lipinski definition) is 1. The number of ether oxygens (including phenoxy) is 1. The minimum atomic E-state index is -0.659. The zero-order chi connectivity index (χ0) is 13.3. The fraction of sp³-hybridized carbons (Fsp3) is 0.750. The van der Waals surface area contributed by atoms with Crippen LogP contribution in [0.2, 0.25) is 0 Å². The van der Waals surface area contributed by atoms with Gasteiger partial charge >= 0.3 is 0 Å². The number of aryl methyl sites for hydroxylation is 1. The molecule has 1 aliphatic heterocycles. The van der Waals surface area contributed by atoms with Gasteiger partial charge in [-0.1, -0.05) is 0 Å². The maximum absolute atomic E-state index is 10.5. The van der Waals surface area contributed by atoms with Crippen molar-refractivity contribution in [2.45, 2.75) is 32.1 Å². The van der Waals surface area contributed by atoms with Gasteiger partial charge in [-0.15, -0.1) is 0 Å². The number of rotatable bonds is 3. The topological polar surface area (TPSA) is 50.5 Å². The second-order valence-electron chi connectivity index (χ2n) is 4.94. The Kier molecular flexibility index (Phi) is 4.42. The van der Waals surface area contributed by atoms with Crippen molar-refractivity contribution in [1.82, 2.24) is 14.7 Å². The molecule has 1 saturated heterocycles. The molecule has 0 bridgehead atoms. The maximum Gasteiger partial charge on any atom is 0.124 e. The normalized spacial score (nSPS) is 23.6. The molecule has 18 heavy (non-hydrogen) atoms. The molecule has 0 aliphatic carbocycles. The van der Waals surface area contributed by atoms with Crippen LogP contribution < -0.4 is 0 Å². The summed E-state index contributed by atoms with van der Waals surface area (Å²) in [6.45, 7) is 6.66. The summed E-state index contributed by atoms with van der Waals surface area (Å²) in [7, 11) is 1.83. The molecule has 0 aromatic carbocycles. The van der Waals surface area contributed by atoms with Gasteiger partial charge in [0.1, 0.15) is 12.2 Å². The average molecular weight is 318 g/mol. The fourth-order valence-corrected chi connectivity index (χ4v) is 2.87. The summed E-state index contributed by atoms with van der Waals surface area (Å²) >= 11 is 3.42. The van der Waals surface area contributed by atoms with Crippen LogP contribution in [-0.4, -0.2) is 51.6 Å².